The van der Waals surface area contributed by atoms with Crippen molar-refractivity contribution in [3.8, 4) is 17.2 Å². The van der Waals surface area contributed by atoms with Crippen molar-refractivity contribution >= 4 is 46.3 Å². The summed E-state index contributed by atoms with van der Waals surface area (Å²) in [5, 5.41) is 52.5. The van der Waals surface area contributed by atoms with Gasteiger partial charge in [0.25, 0.3) is 0 Å². The number of rotatable bonds is 19. The van der Waals surface area contributed by atoms with Gasteiger partial charge >= 0.3 is 17.1 Å². The summed E-state index contributed by atoms with van der Waals surface area (Å²) in [6, 6.07) is 90.9. The second-order valence-corrected chi connectivity index (χ2v) is 41.5. The molecule has 10 heteroatoms. The molecule has 12 saturated carbocycles. The number of methoxy groups -OCH3 is 2. The summed E-state index contributed by atoms with van der Waals surface area (Å²) < 4.78 is 15.7. The van der Waals surface area contributed by atoms with Crippen molar-refractivity contribution < 1.29 is 41.9 Å². The maximum atomic E-state index is 15.0. The second-order valence-electron chi connectivity index (χ2n) is 35.2. The van der Waals surface area contributed by atoms with Gasteiger partial charge in [-0.3, -0.25) is 4.90 Å². The first-order valence-electron chi connectivity index (χ1n) is 41.1. The first kappa shape index (κ1) is 78.0. The van der Waals surface area contributed by atoms with Gasteiger partial charge in [0.15, 0.2) is 0 Å². The van der Waals surface area contributed by atoms with E-state index in [0.29, 0.717) is 32.8 Å². The summed E-state index contributed by atoms with van der Waals surface area (Å²) in [5.41, 5.74) is 9.39. The second kappa shape index (κ2) is 33.8. The quantitative estimate of drug-likeness (QED) is 0.0454. The van der Waals surface area contributed by atoms with Gasteiger partial charge in [0.05, 0.1) is 13.2 Å². The first-order chi connectivity index (χ1) is 53.1. The monoisotopic (exact) mass is 1540 g/mol. The van der Waals surface area contributed by atoms with Crippen LogP contribution < -0.4 is 47.1 Å². The number of benzene rings is 10. The Morgan fingerprint density at radius 3 is 0.764 bits per heavy atom. The van der Waals surface area contributed by atoms with Crippen molar-refractivity contribution in [2.75, 3.05) is 27.4 Å². The van der Waals surface area contributed by atoms with Crippen LogP contribution in [0.3, 0.4) is 0 Å². The number of hydrogen-bond donors (Lipinski definition) is 0. The van der Waals surface area contributed by atoms with Gasteiger partial charge in [0.1, 0.15) is 23.0 Å². The number of nitrogens with zero attached hydrogens (tertiary/aromatic N) is 2. The zero-order valence-corrected chi connectivity index (χ0v) is 68.3. The number of hydrogen-bond acceptors (Lipinski definition) is 7. The molecule has 10 aromatic carbocycles. The van der Waals surface area contributed by atoms with E-state index in [1.807, 2.05) is 36.4 Å². The Balaban J connectivity index is 0.000000159. The average Bonchev–Trinajstić information content (AvgIpc) is 0.740. The molecule has 0 heterocycles. The third-order valence-electron chi connectivity index (χ3n) is 27.1. The summed E-state index contributed by atoms with van der Waals surface area (Å²) in [5.74, 6) is 7.63. The van der Waals surface area contributed by atoms with Gasteiger partial charge in [0.2, 0.25) is 7.41 Å². The molecule has 0 aromatic heterocycles. The zero-order valence-electron chi connectivity index (χ0n) is 65.4. The summed E-state index contributed by atoms with van der Waals surface area (Å²) >= 11 is 0. The van der Waals surface area contributed by atoms with E-state index in [0.717, 1.165) is 86.6 Å². The molecule has 0 saturated heterocycles. The molecule has 22 rings (SSSR count). The fourth-order valence-electron chi connectivity index (χ4n) is 24.1. The fourth-order valence-corrected chi connectivity index (χ4v) is 33.6. The van der Waals surface area contributed by atoms with E-state index in [1.54, 1.807) is 14.2 Å². The fraction of sp³-hybridized carbons (Fsp3) is 0.400. The van der Waals surface area contributed by atoms with Crippen LogP contribution in [0.4, 0.5) is 0 Å². The van der Waals surface area contributed by atoms with Crippen molar-refractivity contribution in [3.63, 3.8) is 0 Å². The van der Waals surface area contributed by atoms with Gasteiger partial charge < -0.3 is 24.8 Å². The summed E-state index contributed by atoms with van der Waals surface area (Å²) in [6.07, 6.45) is 22.8. The Morgan fingerprint density at radius 2 is 0.545 bits per heavy atom. The minimum atomic E-state index is -2.50. The molecule has 0 spiro atoms. The minimum absolute atomic E-state index is 0. The van der Waals surface area contributed by atoms with Gasteiger partial charge in [-0.1, -0.05) is 235 Å². The van der Waals surface area contributed by atoms with Crippen LogP contribution in [-0.4, -0.2) is 32.3 Å². The van der Waals surface area contributed by atoms with Crippen LogP contribution in [0.25, 0.3) is 0 Å². The Kier molecular flexibility index (Phi) is 23.9. The Bertz CT molecular complexity index is 4190. The molecule has 0 aliphatic heterocycles. The van der Waals surface area contributed by atoms with Gasteiger partial charge in [0, 0.05) is 49.8 Å². The average molecular weight is 1540 g/mol. The van der Waals surface area contributed by atoms with Gasteiger partial charge in [-0.25, -0.2) is 0 Å². The maximum absolute atomic E-state index is 15.0. The summed E-state index contributed by atoms with van der Waals surface area (Å²) in [4.78, 5) is 2.33. The molecule has 0 unspecified atom stereocenters. The molecule has 0 atom stereocenters. The van der Waals surface area contributed by atoms with Gasteiger partial charge in [-0.05, 0) is 276 Å². The molecule has 7 nitrogen and oxygen atoms in total. The standard InChI is InChI=1S/C54H69NO3.C36H30NP2.C6H6.C4H10O2.Fe/c1-31-4-43(49(56)46(7-31)52-19-34-10-35(20-52)12-36(11-34)21-52)28-55(29-44-5-32(2)8-47(50(44)57)53-22-37-13-38(23-53)15-39(14-37)24-53)30-45-6-33(3)9-48(51(45)58)54-25-40-16-41(26-54)18-42(17-40)27-54;1-7-19-31(20-8-1)38(32-21-9-2-10-22-32,33-23-11-3-12-24-33)37-39(34-25-13-4-14-26-34,35-27-15-5-16-28-35)36-29-17-6-18-30-36;1-2-4-6-5-3-1;1-5-3-4-6-2;/h4-9,34-42,56-58H,10-30H2,1-3H3;1-30H;1-6H;3-4H2,1-2H3;/q;+1;;;+3/p-3. The molecule has 1 radical (unpaired) electrons. The van der Waals surface area contributed by atoms with Crippen LogP contribution >= 0.6 is 14.5 Å². The smallest absolute Gasteiger partial charge is 0.872 e. The number of aryl methyl sites for hydroxylation is 3. The SMILES string of the molecule is COCCOC.Cc1cc(CN(Cc2cc(C)cc(C34CC5CC(CC(C5)C3)C4)c2[O-])Cc2cc(C)cc(C34CC5CC(CC(C5)C3)C4)c2[O-])c([O-])c(C23CC4CC(CC(C4)C2)C3)c1.[Fe+3].c1ccc(P(=N[P+](c2ccccc2)(c2ccccc2)c2ccccc2)(c2ccccc2)c2ccccc2)cc1.c1ccccc1. The molecule has 110 heavy (non-hydrogen) atoms. The van der Waals surface area contributed by atoms with Crippen LogP contribution in [0, 0.1) is 74.0 Å². The van der Waals surface area contributed by atoms with Crippen molar-refractivity contribution in [2.24, 2.45) is 57.8 Å². The van der Waals surface area contributed by atoms with Crippen LogP contribution in [0.1, 0.15) is 166 Å². The van der Waals surface area contributed by atoms with Crippen molar-refractivity contribution in [1.29, 1.82) is 0 Å². The minimum Gasteiger partial charge on any atom is -0.872 e. The van der Waals surface area contributed by atoms with Crippen LogP contribution in [0.2, 0.25) is 0 Å². The predicted octanol–water partition coefficient (Wildman–Crippen LogP) is 19.5. The van der Waals surface area contributed by atoms with E-state index in [4.69, 9.17) is 4.52 Å². The molecule has 12 aliphatic rings. The van der Waals surface area contributed by atoms with Crippen molar-refractivity contribution in [3.05, 3.63) is 305 Å². The molecule has 12 bridgehead atoms. The Hall–Kier alpha value is -7.34. The van der Waals surface area contributed by atoms with E-state index in [9.17, 15) is 15.3 Å². The zero-order chi connectivity index (χ0) is 74.7. The third-order valence-corrected chi connectivity index (χ3v) is 35.6. The summed E-state index contributed by atoms with van der Waals surface area (Å²) in [6.45, 7) is 9.30. The molecule has 0 amide bonds. The van der Waals surface area contributed by atoms with Crippen LogP contribution in [0.5, 0.6) is 17.2 Å². The van der Waals surface area contributed by atoms with E-state index >= 15 is 0 Å². The maximum Gasteiger partial charge on any atom is 3.00 e. The third kappa shape index (κ3) is 15.9. The van der Waals surface area contributed by atoms with Crippen LogP contribution in [0.15, 0.2) is 259 Å². The van der Waals surface area contributed by atoms with E-state index in [-0.39, 0.29) is 50.6 Å². The van der Waals surface area contributed by atoms with E-state index in [2.05, 4.69) is 254 Å². The molecular formula is C100H112FeN2O5P2+. The van der Waals surface area contributed by atoms with Crippen molar-refractivity contribution in [1.82, 2.24) is 4.90 Å². The molecule has 10 aromatic rings. The number of ether oxygens (including phenoxy) is 2. The van der Waals surface area contributed by atoms with Gasteiger partial charge in [-0.15, -0.1) is 21.8 Å². The predicted molar refractivity (Wildman–Crippen MR) is 447 cm³/mol. The Morgan fingerprint density at radius 1 is 0.336 bits per heavy atom. The van der Waals surface area contributed by atoms with Crippen molar-refractivity contribution in [2.45, 2.75) is 172 Å². The molecule has 0 N–H and O–H groups in total. The van der Waals surface area contributed by atoms with E-state index in [1.165, 1.54) is 164 Å². The van der Waals surface area contributed by atoms with Crippen LogP contribution in [-0.2, 0) is 62.4 Å². The Labute approximate surface area is 668 Å². The largest absolute Gasteiger partial charge is 3.00 e. The molecule has 12 aliphatic carbocycles. The normalized spacial score (nSPS) is 26.1. The van der Waals surface area contributed by atoms with E-state index < -0.39 is 14.5 Å². The molecular weight excluding hydrogens is 1430 g/mol. The summed E-state index contributed by atoms with van der Waals surface area (Å²) in [7, 11) is -1.69. The van der Waals surface area contributed by atoms with Gasteiger partial charge in [-0.2, -0.15) is 0 Å². The topological polar surface area (TPSA) is 103 Å². The first-order valence-corrected chi connectivity index (χ1v) is 44.6. The molecule has 569 valence electrons. The molecule has 12 fully saturated rings.